The quantitative estimate of drug-likeness (QED) is 0.727. The molecule has 2 heterocycles. The van der Waals surface area contributed by atoms with Crippen LogP contribution < -0.4 is 10.3 Å². The second-order valence-corrected chi connectivity index (χ2v) is 5.74. The lowest BCUT2D eigenvalue weighted by atomic mass is 10.3. The van der Waals surface area contributed by atoms with Crippen molar-refractivity contribution in [2.75, 3.05) is 0 Å². The van der Waals surface area contributed by atoms with Crippen molar-refractivity contribution in [3.05, 3.63) is 58.0 Å². The van der Waals surface area contributed by atoms with Crippen molar-refractivity contribution in [1.29, 1.82) is 0 Å². The first-order valence-corrected chi connectivity index (χ1v) is 7.86. The zero-order valence-corrected chi connectivity index (χ0v) is 13.1. The lowest BCUT2D eigenvalue weighted by Gasteiger charge is -2.13. The molecule has 0 aliphatic carbocycles. The van der Waals surface area contributed by atoms with Gasteiger partial charge in [0.15, 0.2) is 6.10 Å². The molecule has 23 heavy (non-hydrogen) atoms. The van der Waals surface area contributed by atoms with Crippen molar-refractivity contribution >= 4 is 27.5 Å². The van der Waals surface area contributed by atoms with E-state index < -0.39 is 12.1 Å². The number of nitrogens with one attached hydrogen (secondary N) is 1. The second kappa shape index (κ2) is 6.62. The van der Waals surface area contributed by atoms with Crippen LogP contribution in [-0.4, -0.2) is 22.0 Å². The van der Waals surface area contributed by atoms with Crippen LogP contribution in [0.1, 0.15) is 12.7 Å². The zero-order chi connectivity index (χ0) is 16.2. The summed E-state index contributed by atoms with van der Waals surface area (Å²) in [5, 5.41) is 1.79. The number of benzene rings is 1. The number of H-pyrrole nitrogens is 1. The molecular formula is C16H14N2O4S. The number of hydrogen-bond acceptors (Lipinski definition) is 6. The SMILES string of the molecule is CC(Oc1ccccc1)C(=O)OCc1nc2ccsc2c(=O)[nH]1. The maximum Gasteiger partial charge on any atom is 0.347 e. The molecule has 0 bridgehead atoms. The van der Waals surface area contributed by atoms with Crippen LogP contribution in [0.15, 0.2) is 46.6 Å². The third kappa shape index (κ3) is 3.57. The van der Waals surface area contributed by atoms with Gasteiger partial charge in [0.05, 0.1) is 5.52 Å². The van der Waals surface area contributed by atoms with Gasteiger partial charge in [0.2, 0.25) is 0 Å². The molecule has 1 atom stereocenters. The Morgan fingerprint density at radius 3 is 2.87 bits per heavy atom. The smallest absolute Gasteiger partial charge is 0.347 e. The summed E-state index contributed by atoms with van der Waals surface area (Å²) in [6.07, 6.45) is -0.756. The number of rotatable bonds is 5. The summed E-state index contributed by atoms with van der Waals surface area (Å²) in [5.41, 5.74) is 0.364. The third-order valence-corrected chi connectivity index (χ3v) is 4.01. The van der Waals surface area contributed by atoms with Gasteiger partial charge >= 0.3 is 5.97 Å². The van der Waals surface area contributed by atoms with Crippen LogP contribution in [0.25, 0.3) is 10.2 Å². The summed E-state index contributed by atoms with van der Waals surface area (Å²) in [7, 11) is 0. The second-order valence-electron chi connectivity index (χ2n) is 4.83. The van der Waals surface area contributed by atoms with E-state index >= 15 is 0 Å². The standard InChI is InChI=1S/C16H14N2O4S/c1-10(22-11-5-3-2-4-6-11)16(20)21-9-13-17-12-7-8-23-14(12)15(19)18-13/h2-8,10H,9H2,1H3,(H,17,18,19). The molecule has 1 unspecified atom stereocenters. The molecule has 0 saturated heterocycles. The number of hydrogen-bond donors (Lipinski definition) is 1. The predicted octanol–water partition coefficient (Wildman–Crippen LogP) is 2.50. The molecule has 1 N–H and O–H groups in total. The van der Waals surface area contributed by atoms with Gasteiger partial charge in [0.1, 0.15) is 22.9 Å². The molecule has 3 rings (SSSR count). The van der Waals surface area contributed by atoms with Crippen molar-refractivity contribution in [2.24, 2.45) is 0 Å². The molecule has 6 nitrogen and oxygen atoms in total. The van der Waals surface area contributed by atoms with E-state index in [1.807, 2.05) is 18.2 Å². The highest BCUT2D eigenvalue weighted by atomic mass is 32.1. The predicted molar refractivity (Wildman–Crippen MR) is 86.6 cm³/mol. The summed E-state index contributed by atoms with van der Waals surface area (Å²) in [6, 6.07) is 10.8. The highest BCUT2D eigenvalue weighted by molar-refractivity contribution is 7.17. The molecule has 0 aliphatic heterocycles. The number of para-hydroxylation sites is 1. The molecule has 3 aromatic rings. The Hall–Kier alpha value is -2.67. The van der Waals surface area contributed by atoms with Crippen LogP contribution in [0.5, 0.6) is 5.75 Å². The van der Waals surface area contributed by atoms with Crippen molar-refractivity contribution < 1.29 is 14.3 Å². The van der Waals surface area contributed by atoms with Crippen molar-refractivity contribution in [1.82, 2.24) is 9.97 Å². The van der Waals surface area contributed by atoms with Crippen LogP contribution in [0.2, 0.25) is 0 Å². The van der Waals surface area contributed by atoms with Gasteiger partial charge in [-0.2, -0.15) is 0 Å². The van der Waals surface area contributed by atoms with Gasteiger partial charge in [0, 0.05) is 0 Å². The fourth-order valence-corrected chi connectivity index (χ4v) is 2.72. The monoisotopic (exact) mass is 330 g/mol. The largest absolute Gasteiger partial charge is 0.479 e. The average Bonchev–Trinajstić information content (AvgIpc) is 3.02. The van der Waals surface area contributed by atoms with Crippen LogP contribution in [0, 0.1) is 0 Å². The number of aromatic nitrogens is 2. The van der Waals surface area contributed by atoms with E-state index in [0.29, 0.717) is 21.8 Å². The van der Waals surface area contributed by atoms with Gasteiger partial charge in [-0.05, 0) is 30.5 Å². The number of thiophene rings is 1. The molecule has 0 spiro atoms. The van der Waals surface area contributed by atoms with Crippen molar-refractivity contribution in [3.63, 3.8) is 0 Å². The average molecular weight is 330 g/mol. The van der Waals surface area contributed by atoms with Gasteiger partial charge in [-0.15, -0.1) is 11.3 Å². The molecular weight excluding hydrogens is 316 g/mol. The first-order valence-electron chi connectivity index (χ1n) is 6.98. The minimum Gasteiger partial charge on any atom is -0.479 e. The van der Waals surface area contributed by atoms with Gasteiger partial charge in [-0.1, -0.05) is 18.2 Å². The maximum absolute atomic E-state index is 12.0. The fraction of sp³-hybridized carbons (Fsp3) is 0.188. The molecule has 0 radical (unpaired) electrons. The summed E-state index contributed by atoms with van der Waals surface area (Å²) in [6.45, 7) is 1.50. The Morgan fingerprint density at radius 2 is 2.09 bits per heavy atom. The normalized spacial score (nSPS) is 12.0. The topological polar surface area (TPSA) is 81.3 Å². The number of aromatic amines is 1. The Bertz CT molecular complexity index is 872. The fourth-order valence-electron chi connectivity index (χ4n) is 2.00. The molecule has 0 saturated carbocycles. The Kier molecular flexibility index (Phi) is 4.38. The number of carbonyl (C=O) groups excluding carboxylic acids is 1. The Morgan fingerprint density at radius 1 is 1.30 bits per heavy atom. The summed E-state index contributed by atoms with van der Waals surface area (Å²) >= 11 is 1.32. The van der Waals surface area contributed by atoms with E-state index in [1.54, 1.807) is 30.5 Å². The minimum atomic E-state index is -0.756. The van der Waals surface area contributed by atoms with Crippen LogP contribution >= 0.6 is 11.3 Å². The number of ether oxygens (including phenoxy) is 2. The molecule has 2 aromatic heterocycles. The highest BCUT2D eigenvalue weighted by Crippen LogP contribution is 2.14. The zero-order valence-electron chi connectivity index (χ0n) is 12.3. The van der Waals surface area contributed by atoms with Gasteiger partial charge in [0.25, 0.3) is 5.56 Å². The van der Waals surface area contributed by atoms with Crippen molar-refractivity contribution in [2.45, 2.75) is 19.6 Å². The lowest BCUT2D eigenvalue weighted by Crippen LogP contribution is -2.26. The lowest BCUT2D eigenvalue weighted by molar-refractivity contribution is -0.152. The van der Waals surface area contributed by atoms with Crippen LogP contribution in [0.3, 0.4) is 0 Å². The van der Waals surface area contributed by atoms with E-state index in [0.717, 1.165) is 0 Å². The van der Waals surface area contributed by atoms with Gasteiger partial charge < -0.3 is 14.5 Å². The first kappa shape index (κ1) is 15.2. The summed E-state index contributed by atoms with van der Waals surface area (Å²) in [5.74, 6) is 0.367. The number of esters is 1. The van der Waals surface area contributed by atoms with E-state index in [-0.39, 0.29) is 12.2 Å². The highest BCUT2D eigenvalue weighted by Gasteiger charge is 2.17. The molecule has 0 fully saturated rings. The third-order valence-electron chi connectivity index (χ3n) is 3.10. The molecule has 0 amide bonds. The van der Waals surface area contributed by atoms with Crippen LogP contribution in [-0.2, 0) is 16.1 Å². The van der Waals surface area contributed by atoms with E-state index in [4.69, 9.17) is 9.47 Å². The van der Waals surface area contributed by atoms with E-state index in [9.17, 15) is 9.59 Å². The van der Waals surface area contributed by atoms with E-state index in [2.05, 4.69) is 9.97 Å². The Balaban J connectivity index is 1.62. The summed E-state index contributed by atoms with van der Waals surface area (Å²) < 4.78 is 11.2. The first-order chi connectivity index (χ1) is 11.1. The van der Waals surface area contributed by atoms with Gasteiger partial charge in [-0.3, -0.25) is 4.79 Å². The number of nitrogens with zero attached hydrogens (tertiary/aromatic N) is 1. The maximum atomic E-state index is 12.0. The number of carbonyl (C=O) groups is 1. The molecule has 0 aliphatic rings. The minimum absolute atomic E-state index is 0.109. The molecule has 7 heteroatoms. The van der Waals surface area contributed by atoms with Gasteiger partial charge in [-0.25, -0.2) is 9.78 Å². The van der Waals surface area contributed by atoms with Crippen LogP contribution in [0.4, 0.5) is 0 Å². The van der Waals surface area contributed by atoms with E-state index in [1.165, 1.54) is 11.3 Å². The van der Waals surface area contributed by atoms with Crippen molar-refractivity contribution in [3.8, 4) is 5.75 Å². The molecule has 118 valence electrons. The summed E-state index contributed by atoms with van der Waals surface area (Å²) in [4.78, 5) is 30.6. The molecule has 1 aromatic carbocycles. The Labute approximate surface area is 135 Å². The number of fused-ring (bicyclic) bond motifs is 1.